The lowest BCUT2D eigenvalue weighted by Crippen LogP contribution is -2.31. The Morgan fingerprint density at radius 1 is 1.29 bits per heavy atom. The number of carbonyl (C=O) groups is 1. The van der Waals surface area contributed by atoms with Crippen LogP contribution in [0.1, 0.15) is 24.5 Å². The van der Waals surface area contributed by atoms with Crippen molar-refractivity contribution in [2.24, 2.45) is 5.73 Å². The van der Waals surface area contributed by atoms with Crippen LogP contribution in [0.3, 0.4) is 0 Å². The van der Waals surface area contributed by atoms with E-state index in [1.807, 2.05) is 36.5 Å². The number of nitrogens with two attached hydrogens (primary N) is 1. The van der Waals surface area contributed by atoms with Gasteiger partial charge in [0.25, 0.3) is 0 Å². The zero-order valence-corrected chi connectivity index (χ0v) is 11.3. The van der Waals surface area contributed by atoms with Gasteiger partial charge in [0.2, 0.25) is 0 Å². The summed E-state index contributed by atoms with van der Waals surface area (Å²) in [4.78, 5) is 16.4. The van der Waals surface area contributed by atoms with Crippen LogP contribution in [-0.2, 0) is 0 Å². The first-order valence-electron chi connectivity index (χ1n) is 6.94. The molecule has 2 heterocycles. The van der Waals surface area contributed by atoms with Gasteiger partial charge in [-0.3, -0.25) is 5.10 Å². The third kappa shape index (κ3) is 2.05. The van der Waals surface area contributed by atoms with Gasteiger partial charge in [0.15, 0.2) is 5.82 Å². The van der Waals surface area contributed by atoms with E-state index in [9.17, 15) is 4.79 Å². The molecule has 2 aromatic heterocycles. The SMILES string of the molecule is NC(=O)N(c1ccc2[nH]ccc2c1)c1cc(C2CC2)[nH]n1. The van der Waals surface area contributed by atoms with Crippen molar-refractivity contribution in [3.8, 4) is 0 Å². The van der Waals surface area contributed by atoms with Gasteiger partial charge >= 0.3 is 6.03 Å². The summed E-state index contributed by atoms with van der Waals surface area (Å²) >= 11 is 0. The third-order valence-corrected chi connectivity index (χ3v) is 3.85. The zero-order valence-electron chi connectivity index (χ0n) is 11.3. The number of H-pyrrole nitrogens is 2. The first-order valence-corrected chi connectivity index (χ1v) is 6.94. The van der Waals surface area contributed by atoms with Crippen LogP contribution in [0.5, 0.6) is 0 Å². The van der Waals surface area contributed by atoms with E-state index >= 15 is 0 Å². The minimum atomic E-state index is -0.543. The number of benzene rings is 1. The third-order valence-electron chi connectivity index (χ3n) is 3.85. The van der Waals surface area contributed by atoms with Gasteiger partial charge in [-0.2, -0.15) is 5.10 Å². The second-order valence-electron chi connectivity index (χ2n) is 5.38. The maximum absolute atomic E-state index is 11.9. The molecule has 0 saturated heterocycles. The van der Waals surface area contributed by atoms with Crippen molar-refractivity contribution < 1.29 is 4.79 Å². The molecule has 0 aliphatic heterocycles. The van der Waals surface area contributed by atoms with Crippen LogP contribution in [0.2, 0.25) is 0 Å². The number of hydrogen-bond acceptors (Lipinski definition) is 2. The highest BCUT2D eigenvalue weighted by Crippen LogP contribution is 2.40. The number of carbonyl (C=O) groups excluding carboxylic acids is 1. The smallest absolute Gasteiger partial charge is 0.325 e. The number of aromatic amines is 2. The number of nitrogens with zero attached hydrogens (tertiary/aromatic N) is 2. The van der Waals surface area contributed by atoms with Crippen molar-refractivity contribution >= 4 is 28.4 Å². The molecule has 2 amide bonds. The molecule has 6 heteroatoms. The molecule has 1 aliphatic rings. The van der Waals surface area contributed by atoms with E-state index in [2.05, 4.69) is 15.2 Å². The fraction of sp³-hybridized carbons (Fsp3) is 0.200. The van der Waals surface area contributed by atoms with Crippen molar-refractivity contribution in [3.05, 3.63) is 42.2 Å². The second-order valence-corrected chi connectivity index (χ2v) is 5.38. The predicted octanol–water partition coefficient (Wildman–Crippen LogP) is 2.99. The molecule has 0 bridgehead atoms. The van der Waals surface area contributed by atoms with Crippen LogP contribution in [0.25, 0.3) is 10.9 Å². The number of aromatic nitrogens is 3. The number of urea groups is 1. The average Bonchev–Trinajstić information content (AvgIpc) is 3.02. The predicted molar refractivity (Wildman–Crippen MR) is 80.6 cm³/mol. The van der Waals surface area contributed by atoms with Crippen molar-refractivity contribution in [3.63, 3.8) is 0 Å². The van der Waals surface area contributed by atoms with Crippen LogP contribution in [0.15, 0.2) is 36.5 Å². The first-order chi connectivity index (χ1) is 10.2. The maximum Gasteiger partial charge on any atom is 0.325 e. The van der Waals surface area contributed by atoms with Crippen LogP contribution in [-0.4, -0.2) is 21.2 Å². The molecule has 0 radical (unpaired) electrons. The topological polar surface area (TPSA) is 90.8 Å². The number of amides is 2. The van der Waals surface area contributed by atoms with Gasteiger partial charge in [0.1, 0.15) is 0 Å². The molecule has 6 nitrogen and oxygen atoms in total. The number of rotatable bonds is 3. The van der Waals surface area contributed by atoms with Gasteiger partial charge in [-0.15, -0.1) is 0 Å². The molecule has 1 aliphatic carbocycles. The van der Waals surface area contributed by atoms with Gasteiger partial charge in [-0.1, -0.05) is 0 Å². The molecule has 21 heavy (non-hydrogen) atoms. The summed E-state index contributed by atoms with van der Waals surface area (Å²) in [5, 5.41) is 8.26. The number of anilines is 2. The number of primary amides is 1. The van der Waals surface area contributed by atoms with Crippen LogP contribution >= 0.6 is 0 Å². The van der Waals surface area contributed by atoms with E-state index in [4.69, 9.17) is 5.73 Å². The lowest BCUT2D eigenvalue weighted by atomic mass is 10.2. The summed E-state index contributed by atoms with van der Waals surface area (Å²) in [6, 6.07) is 9.02. The maximum atomic E-state index is 11.9. The van der Waals surface area contributed by atoms with Crippen molar-refractivity contribution in [1.82, 2.24) is 15.2 Å². The Bertz CT molecular complexity index is 814. The summed E-state index contributed by atoms with van der Waals surface area (Å²) in [7, 11) is 0. The Kier molecular flexibility index (Phi) is 2.50. The van der Waals surface area contributed by atoms with Crippen LogP contribution in [0, 0.1) is 0 Å². The van der Waals surface area contributed by atoms with Crippen molar-refractivity contribution in [2.75, 3.05) is 4.90 Å². The molecule has 1 aromatic carbocycles. The van der Waals surface area contributed by atoms with Gasteiger partial charge in [-0.25, -0.2) is 9.69 Å². The fourth-order valence-electron chi connectivity index (χ4n) is 2.60. The van der Waals surface area contributed by atoms with Gasteiger partial charge in [0, 0.05) is 34.8 Å². The summed E-state index contributed by atoms with van der Waals surface area (Å²) in [5.41, 5.74) is 8.34. The standard InChI is InChI=1S/C15H15N5O/c16-15(21)20(14-8-13(18-19-14)9-1-2-9)11-3-4-12-10(7-11)5-6-17-12/h3-9,17H,1-2H2,(H2,16,21)(H,18,19). The van der Waals surface area contributed by atoms with Crippen molar-refractivity contribution in [2.45, 2.75) is 18.8 Å². The van der Waals surface area contributed by atoms with E-state index in [0.717, 1.165) is 16.6 Å². The minimum Gasteiger partial charge on any atom is -0.361 e. The van der Waals surface area contributed by atoms with E-state index < -0.39 is 6.03 Å². The molecule has 3 aromatic rings. The summed E-state index contributed by atoms with van der Waals surface area (Å²) in [5.74, 6) is 1.09. The Morgan fingerprint density at radius 3 is 2.90 bits per heavy atom. The molecule has 1 fully saturated rings. The number of fused-ring (bicyclic) bond motifs is 1. The Morgan fingerprint density at radius 2 is 2.14 bits per heavy atom. The molecule has 0 unspecified atom stereocenters. The summed E-state index contributed by atoms with van der Waals surface area (Å²) in [6.45, 7) is 0. The number of hydrogen-bond donors (Lipinski definition) is 3. The fourth-order valence-corrected chi connectivity index (χ4v) is 2.60. The highest BCUT2D eigenvalue weighted by Gasteiger charge is 2.27. The molecule has 0 atom stereocenters. The molecular weight excluding hydrogens is 266 g/mol. The monoisotopic (exact) mass is 281 g/mol. The largest absolute Gasteiger partial charge is 0.361 e. The van der Waals surface area contributed by atoms with Crippen molar-refractivity contribution in [1.29, 1.82) is 0 Å². The van der Waals surface area contributed by atoms with E-state index in [1.54, 1.807) is 0 Å². The highest BCUT2D eigenvalue weighted by atomic mass is 16.2. The van der Waals surface area contributed by atoms with Crippen LogP contribution in [0.4, 0.5) is 16.3 Å². The number of nitrogens with one attached hydrogen (secondary N) is 2. The summed E-state index contributed by atoms with van der Waals surface area (Å²) < 4.78 is 0. The van der Waals surface area contributed by atoms with Gasteiger partial charge < -0.3 is 10.7 Å². The Hall–Kier alpha value is -2.76. The molecule has 1 saturated carbocycles. The van der Waals surface area contributed by atoms with E-state index in [0.29, 0.717) is 17.4 Å². The molecule has 0 spiro atoms. The van der Waals surface area contributed by atoms with Gasteiger partial charge in [0.05, 0.1) is 5.69 Å². The summed E-state index contributed by atoms with van der Waals surface area (Å²) in [6.07, 6.45) is 4.21. The first kappa shape index (κ1) is 12.0. The minimum absolute atomic E-state index is 0.541. The normalized spacial score (nSPS) is 14.5. The van der Waals surface area contributed by atoms with E-state index in [-0.39, 0.29) is 0 Å². The lowest BCUT2D eigenvalue weighted by Gasteiger charge is -2.17. The Labute approximate surface area is 120 Å². The lowest BCUT2D eigenvalue weighted by molar-refractivity contribution is 0.256. The van der Waals surface area contributed by atoms with Gasteiger partial charge in [-0.05, 0) is 37.1 Å². The molecule has 4 rings (SSSR count). The highest BCUT2D eigenvalue weighted by molar-refractivity contribution is 5.99. The molecule has 106 valence electrons. The molecular formula is C15H15N5O. The second kappa shape index (κ2) is 4.37. The Balaban J connectivity index is 1.76. The van der Waals surface area contributed by atoms with Crippen LogP contribution < -0.4 is 10.6 Å². The zero-order chi connectivity index (χ0) is 14.4. The quantitative estimate of drug-likeness (QED) is 0.688. The molecule has 4 N–H and O–H groups in total. The average molecular weight is 281 g/mol. The van der Waals surface area contributed by atoms with E-state index in [1.165, 1.54) is 17.7 Å².